The zero-order chi connectivity index (χ0) is 22.0. The summed E-state index contributed by atoms with van der Waals surface area (Å²) in [7, 11) is 0. The molecule has 0 bridgehead atoms. The highest BCUT2D eigenvalue weighted by molar-refractivity contribution is 9.10. The maximum atomic E-state index is 12.7. The zero-order valence-corrected chi connectivity index (χ0v) is 19.0. The molecule has 31 heavy (non-hydrogen) atoms. The van der Waals surface area contributed by atoms with Gasteiger partial charge >= 0.3 is 0 Å². The van der Waals surface area contributed by atoms with Crippen molar-refractivity contribution in [2.75, 3.05) is 6.61 Å². The van der Waals surface area contributed by atoms with Crippen LogP contribution in [0.4, 0.5) is 0 Å². The Hall–Kier alpha value is -2.89. The topological polar surface area (TPSA) is 52.6 Å². The van der Waals surface area contributed by atoms with E-state index in [9.17, 15) is 9.59 Å². The summed E-state index contributed by atoms with van der Waals surface area (Å²) >= 11 is 9.47. The quantitative estimate of drug-likeness (QED) is 0.286. The van der Waals surface area contributed by atoms with E-state index >= 15 is 0 Å². The molecule has 0 saturated carbocycles. The van der Waals surface area contributed by atoms with Crippen molar-refractivity contribution in [3.63, 3.8) is 0 Å². The van der Waals surface area contributed by atoms with Crippen molar-refractivity contribution in [3.8, 4) is 11.5 Å². The summed E-state index contributed by atoms with van der Waals surface area (Å²) in [5.74, 6) is 0.537. The number of hydrogen-bond donors (Lipinski definition) is 0. The van der Waals surface area contributed by atoms with E-state index < -0.39 is 0 Å². The van der Waals surface area contributed by atoms with Gasteiger partial charge in [-0.25, -0.2) is 0 Å². The predicted octanol–water partition coefficient (Wildman–Crippen LogP) is 6.54. The van der Waals surface area contributed by atoms with Gasteiger partial charge < -0.3 is 9.47 Å². The lowest BCUT2D eigenvalue weighted by atomic mass is 10.1. The maximum absolute atomic E-state index is 12.7. The van der Waals surface area contributed by atoms with Crippen molar-refractivity contribution in [3.05, 3.63) is 98.0 Å². The number of allylic oxidation sites excluding steroid dienone is 1. The fourth-order valence-electron chi connectivity index (χ4n) is 3.38. The van der Waals surface area contributed by atoms with Gasteiger partial charge in [0.25, 0.3) is 0 Å². The number of benzene rings is 3. The van der Waals surface area contributed by atoms with E-state index in [0.29, 0.717) is 50.9 Å². The van der Waals surface area contributed by atoms with Gasteiger partial charge in [0.15, 0.2) is 23.1 Å². The molecular weight excluding hydrogens is 480 g/mol. The summed E-state index contributed by atoms with van der Waals surface area (Å²) in [5, 5.41) is 0.662. The highest BCUT2D eigenvalue weighted by Crippen LogP contribution is 2.39. The van der Waals surface area contributed by atoms with Gasteiger partial charge in [-0.2, -0.15) is 0 Å². The van der Waals surface area contributed by atoms with E-state index in [1.54, 1.807) is 42.5 Å². The normalized spacial score (nSPS) is 12.7. The molecule has 156 valence electrons. The van der Waals surface area contributed by atoms with Crippen molar-refractivity contribution in [1.29, 1.82) is 0 Å². The number of ketones is 2. The third-order valence-electron chi connectivity index (χ3n) is 4.84. The van der Waals surface area contributed by atoms with Crippen LogP contribution in [0.5, 0.6) is 11.5 Å². The molecular formula is C25H18BrClO4. The van der Waals surface area contributed by atoms with Gasteiger partial charge in [-0.3, -0.25) is 9.59 Å². The molecule has 0 aromatic heterocycles. The fourth-order valence-corrected chi connectivity index (χ4v) is 4.08. The van der Waals surface area contributed by atoms with E-state index in [2.05, 4.69) is 15.9 Å². The van der Waals surface area contributed by atoms with Gasteiger partial charge in [-0.1, -0.05) is 48.0 Å². The number of halogens is 2. The first-order valence-electron chi connectivity index (χ1n) is 9.71. The van der Waals surface area contributed by atoms with Gasteiger partial charge in [-0.05, 0) is 64.3 Å². The van der Waals surface area contributed by atoms with Gasteiger partial charge in [0.1, 0.15) is 6.61 Å². The fraction of sp³-hybridized carbons (Fsp3) is 0.120. The van der Waals surface area contributed by atoms with Crippen molar-refractivity contribution in [1.82, 2.24) is 0 Å². The molecule has 1 aliphatic carbocycles. The first-order chi connectivity index (χ1) is 15.0. The maximum Gasteiger partial charge on any atom is 0.197 e. The van der Waals surface area contributed by atoms with Crippen LogP contribution in [-0.2, 0) is 6.61 Å². The lowest BCUT2D eigenvalue weighted by molar-refractivity contribution is 0.0990. The Kier molecular flexibility index (Phi) is 6.25. The molecule has 0 radical (unpaired) electrons. The van der Waals surface area contributed by atoms with Crippen molar-refractivity contribution in [2.45, 2.75) is 13.5 Å². The second-order valence-electron chi connectivity index (χ2n) is 6.94. The Morgan fingerprint density at radius 2 is 1.58 bits per heavy atom. The molecule has 3 aromatic carbocycles. The molecule has 0 atom stereocenters. The van der Waals surface area contributed by atoms with Crippen LogP contribution in [0.1, 0.15) is 38.8 Å². The molecule has 0 fully saturated rings. The molecule has 0 aliphatic heterocycles. The third kappa shape index (κ3) is 4.43. The largest absolute Gasteiger partial charge is 0.490 e. The summed E-state index contributed by atoms with van der Waals surface area (Å²) in [5.41, 5.74) is 2.64. The Balaban J connectivity index is 1.64. The van der Waals surface area contributed by atoms with Crippen LogP contribution in [0, 0.1) is 0 Å². The lowest BCUT2D eigenvalue weighted by Gasteiger charge is -2.15. The van der Waals surface area contributed by atoms with Crippen LogP contribution < -0.4 is 9.47 Å². The van der Waals surface area contributed by atoms with Crippen molar-refractivity contribution < 1.29 is 19.1 Å². The molecule has 4 rings (SSSR count). The standard InChI is InChI=1S/C25H18BrClO4/c1-2-30-22-13-16(11-20-23(28)18-5-3-4-6-19(18)24(20)29)12-21(26)25(22)31-14-15-7-9-17(27)10-8-15/h3-13H,2,14H2,1H3. The van der Waals surface area contributed by atoms with Crippen LogP contribution in [0.25, 0.3) is 6.08 Å². The average molecular weight is 498 g/mol. The monoisotopic (exact) mass is 496 g/mol. The number of carbonyl (C=O) groups excluding carboxylic acids is 2. The molecule has 0 N–H and O–H groups in total. The number of fused-ring (bicyclic) bond motifs is 1. The van der Waals surface area contributed by atoms with Crippen molar-refractivity contribution >= 4 is 45.2 Å². The second-order valence-corrected chi connectivity index (χ2v) is 8.23. The van der Waals surface area contributed by atoms with Crippen LogP contribution >= 0.6 is 27.5 Å². The highest BCUT2D eigenvalue weighted by atomic mass is 79.9. The van der Waals surface area contributed by atoms with Gasteiger partial charge in [0.2, 0.25) is 0 Å². The van der Waals surface area contributed by atoms with E-state index in [-0.39, 0.29) is 17.1 Å². The molecule has 6 heteroatoms. The molecule has 0 saturated heterocycles. The highest BCUT2D eigenvalue weighted by Gasteiger charge is 2.32. The first-order valence-corrected chi connectivity index (χ1v) is 10.9. The van der Waals surface area contributed by atoms with E-state index in [1.165, 1.54) is 0 Å². The molecule has 3 aromatic rings. The molecule has 0 heterocycles. The van der Waals surface area contributed by atoms with Crippen LogP contribution in [-0.4, -0.2) is 18.2 Å². The molecule has 0 spiro atoms. The molecule has 4 nitrogen and oxygen atoms in total. The predicted molar refractivity (Wildman–Crippen MR) is 124 cm³/mol. The second kappa shape index (κ2) is 9.08. The van der Waals surface area contributed by atoms with Crippen LogP contribution in [0.3, 0.4) is 0 Å². The molecule has 0 unspecified atom stereocenters. The number of ether oxygens (including phenoxy) is 2. The Morgan fingerprint density at radius 1 is 0.935 bits per heavy atom. The zero-order valence-electron chi connectivity index (χ0n) is 16.7. The molecule has 1 aliphatic rings. The van der Waals surface area contributed by atoms with Crippen LogP contribution in [0.15, 0.2) is 70.7 Å². The van der Waals surface area contributed by atoms with Gasteiger partial charge in [0, 0.05) is 16.1 Å². The first kappa shape index (κ1) is 21.3. The third-order valence-corrected chi connectivity index (χ3v) is 5.69. The summed E-state index contributed by atoms with van der Waals surface area (Å²) in [4.78, 5) is 25.4. The summed E-state index contributed by atoms with van der Waals surface area (Å²) in [6.07, 6.45) is 1.60. The van der Waals surface area contributed by atoms with E-state index in [4.69, 9.17) is 21.1 Å². The van der Waals surface area contributed by atoms with E-state index in [0.717, 1.165) is 5.56 Å². The minimum absolute atomic E-state index is 0.144. The Bertz CT molecular complexity index is 1160. The van der Waals surface area contributed by atoms with Gasteiger partial charge in [0.05, 0.1) is 16.7 Å². The Labute approximate surface area is 193 Å². The number of carbonyl (C=O) groups is 2. The number of Topliss-reactive ketones (excluding diaryl/α,β-unsaturated/α-hetero) is 2. The minimum atomic E-state index is -0.266. The lowest BCUT2D eigenvalue weighted by Crippen LogP contribution is -2.02. The van der Waals surface area contributed by atoms with Crippen molar-refractivity contribution in [2.24, 2.45) is 0 Å². The number of hydrogen-bond acceptors (Lipinski definition) is 4. The Morgan fingerprint density at radius 3 is 2.19 bits per heavy atom. The van der Waals surface area contributed by atoms with Crippen LogP contribution in [0.2, 0.25) is 5.02 Å². The van der Waals surface area contributed by atoms with E-state index in [1.807, 2.05) is 31.2 Å². The summed E-state index contributed by atoms with van der Waals surface area (Å²) in [6, 6.07) is 17.8. The van der Waals surface area contributed by atoms with Gasteiger partial charge in [-0.15, -0.1) is 0 Å². The number of rotatable bonds is 6. The summed E-state index contributed by atoms with van der Waals surface area (Å²) < 4.78 is 12.4. The SMILES string of the molecule is CCOc1cc(C=C2C(=O)c3ccccc3C2=O)cc(Br)c1OCc1ccc(Cl)cc1. The average Bonchev–Trinajstić information content (AvgIpc) is 3.00. The summed E-state index contributed by atoms with van der Waals surface area (Å²) in [6.45, 7) is 2.65. The molecule has 0 amide bonds. The smallest absolute Gasteiger partial charge is 0.197 e. The minimum Gasteiger partial charge on any atom is -0.490 e.